The summed E-state index contributed by atoms with van der Waals surface area (Å²) in [7, 11) is -3.52. The molecule has 1 fully saturated rings. The number of hydrogen-bond donors (Lipinski definition) is 2. The van der Waals surface area contributed by atoms with Gasteiger partial charge in [0.15, 0.2) is 5.03 Å². The minimum Gasteiger partial charge on any atom is -0.326 e. The third-order valence-corrected chi connectivity index (χ3v) is 5.68. The Morgan fingerprint density at radius 1 is 1.35 bits per heavy atom. The van der Waals surface area contributed by atoms with Crippen molar-refractivity contribution in [2.75, 3.05) is 6.54 Å². The molecule has 5 nitrogen and oxygen atoms in total. The van der Waals surface area contributed by atoms with Crippen molar-refractivity contribution in [2.45, 2.75) is 50.6 Å². The molecule has 20 heavy (non-hydrogen) atoms. The molecular formula is C14H23N3O2S. The van der Waals surface area contributed by atoms with Gasteiger partial charge < -0.3 is 5.73 Å². The number of hydrogen-bond acceptors (Lipinski definition) is 4. The highest BCUT2D eigenvalue weighted by Gasteiger charge is 2.33. The van der Waals surface area contributed by atoms with Gasteiger partial charge in [-0.15, -0.1) is 0 Å². The van der Waals surface area contributed by atoms with Crippen molar-refractivity contribution in [1.82, 2.24) is 9.71 Å². The lowest BCUT2D eigenvalue weighted by atomic mass is 9.84. The summed E-state index contributed by atoms with van der Waals surface area (Å²) in [6.45, 7) is 3.00. The third-order valence-electron chi connectivity index (χ3n) is 4.36. The standard InChI is InChI=1S/C14H23N3O2S/c1-2-14(7-3-4-8-14)11-17-20(18,19)13-6-5-12(9-15)10-16-13/h5-6,10,17H,2-4,7-9,11,15H2,1H3. The molecule has 0 saturated heterocycles. The van der Waals surface area contributed by atoms with E-state index < -0.39 is 10.0 Å². The smallest absolute Gasteiger partial charge is 0.258 e. The van der Waals surface area contributed by atoms with E-state index in [9.17, 15) is 8.42 Å². The molecule has 112 valence electrons. The Hall–Kier alpha value is -0.980. The van der Waals surface area contributed by atoms with Gasteiger partial charge in [-0.25, -0.2) is 18.1 Å². The molecule has 0 unspecified atom stereocenters. The normalized spacial score (nSPS) is 18.3. The molecule has 1 aliphatic carbocycles. The first-order valence-electron chi connectivity index (χ1n) is 7.16. The van der Waals surface area contributed by atoms with Crippen molar-refractivity contribution in [1.29, 1.82) is 0 Å². The molecule has 0 bridgehead atoms. The summed E-state index contributed by atoms with van der Waals surface area (Å²) >= 11 is 0. The zero-order chi connectivity index (χ0) is 14.6. The van der Waals surface area contributed by atoms with E-state index >= 15 is 0 Å². The quantitative estimate of drug-likeness (QED) is 0.838. The van der Waals surface area contributed by atoms with E-state index in [4.69, 9.17) is 5.73 Å². The first kappa shape index (κ1) is 15.4. The first-order valence-corrected chi connectivity index (χ1v) is 8.64. The van der Waals surface area contributed by atoms with E-state index in [2.05, 4.69) is 16.6 Å². The number of nitrogens with one attached hydrogen (secondary N) is 1. The molecule has 0 radical (unpaired) electrons. The fourth-order valence-corrected chi connectivity index (χ4v) is 3.88. The highest BCUT2D eigenvalue weighted by atomic mass is 32.2. The van der Waals surface area contributed by atoms with Crippen molar-refractivity contribution >= 4 is 10.0 Å². The van der Waals surface area contributed by atoms with E-state index in [-0.39, 0.29) is 10.4 Å². The van der Waals surface area contributed by atoms with Gasteiger partial charge in [0.25, 0.3) is 10.0 Å². The molecular weight excluding hydrogens is 274 g/mol. The van der Waals surface area contributed by atoms with Crippen LogP contribution >= 0.6 is 0 Å². The Balaban J connectivity index is 2.06. The van der Waals surface area contributed by atoms with Crippen molar-refractivity contribution in [3.63, 3.8) is 0 Å². The van der Waals surface area contributed by atoms with Crippen LogP contribution in [-0.4, -0.2) is 19.9 Å². The fraction of sp³-hybridized carbons (Fsp3) is 0.643. The van der Waals surface area contributed by atoms with Crippen LogP contribution in [0.15, 0.2) is 23.4 Å². The molecule has 1 heterocycles. The van der Waals surface area contributed by atoms with Crippen LogP contribution in [0.5, 0.6) is 0 Å². The van der Waals surface area contributed by atoms with Gasteiger partial charge in [0.05, 0.1) is 0 Å². The van der Waals surface area contributed by atoms with Gasteiger partial charge in [-0.2, -0.15) is 0 Å². The van der Waals surface area contributed by atoms with Gasteiger partial charge in [0, 0.05) is 19.3 Å². The predicted octanol–water partition coefficient (Wildman–Crippen LogP) is 1.79. The summed E-state index contributed by atoms with van der Waals surface area (Å²) in [6.07, 6.45) is 7.12. The molecule has 0 aromatic carbocycles. The van der Waals surface area contributed by atoms with Gasteiger partial charge >= 0.3 is 0 Å². The minimum absolute atomic E-state index is 0.0685. The van der Waals surface area contributed by atoms with Crippen LogP contribution in [0.3, 0.4) is 0 Å². The number of nitrogens with two attached hydrogens (primary N) is 1. The Bertz CT molecular complexity index is 534. The lowest BCUT2D eigenvalue weighted by molar-refractivity contribution is 0.285. The summed E-state index contributed by atoms with van der Waals surface area (Å²) in [5, 5.41) is 0.0685. The molecule has 1 aromatic heterocycles. The second-order valence-electron chi connectivity index (χ2n) is 5.59. The van der Waals surface area contributed by atoms with Gasteiger partial charge in [0.2, 0.25) is 0 Å². The molecule has 0 spiro atoms. The molecule has 0 atom stereocenters. The van der Waals surface area contributed by atoms with Crippen LogP contribution in [-0.2, 0) is 16.6 Å². The fourth-order valence-electron chi connectivity index (χ4n) is 2.79. The molecule has 1 saturated carbocycles. The molecule has 6 heteroatoms. The van der Waals surface area contributed by atoms with Gasteiger partial charge in [-0.05, 0) is 36.3 Å². The van der Waals surface area contributed by atoms with Gasteiger partial charge in [-0.1, -0.05) is 25.8 Å². The average Bonchev–Trinajstić information content (AvgIpc) is 2.95. The highest BCUT2D eigenvalue weighted by molar-refractivity contribution is 7.89. The predicted molar refractivity (Wildman–Crippen MR) is 78.5 cm³/mol. The van der Waals surface area contributed by atoms with Gasteiger partial charge in [0.1, 0.15) is 0 Å². The maximum absolute atomic E-state index is 12.2. The van der Waals surface area contributed by atoms with E-state index in [1.165, 1.54) is 25.1 Å². The largest absolute Gasteiger partial charge is 0.326 e. The summed E-state index contributed by atoms with van der Waals surface area (Å²) in [4.78, 5) is 3.98. The summed E-state index contributed by atoms with van der Waals surface area (Å²) in [5.41, 5.74) is 6.43. The minimum atomic E-state index is -3.52. The molecule has 2 rings (SSSR count). The number of pyridine rings is 1. The van der Waals surface area contributed by atoms with E-state index in [0.717, 1.165) is 24.8 Å². The lowest BCUT2D eigenvalue weighted by Gasteiger charge is -2.27. The van der Waals surface area contributed by atoms with Crippen LogP contribution in [0.25, 0.3) is 0 Å². The molecule has 1 aliphatic rings. The second kappa shape index (κ2) is 6.20. The zero-order valence-electron chi connectivity index (χ0n) is 11.9. The number of sulfonamides is 1. The van der Waals surface area contributed by atoms with Crippen LogP contribution < -0.4 is 10.5 Å². The Morgan fingerprint density at radius 2 is 2.05 bits per heavy atom. The third kappa shape index (κ3) is 3.37. The van der Waals surface area contributed by atoms with Crippen LogP contribution in [0.1, 0.15) is 44.6 Å². The van der Waals surface area contributed by atoms with E-state index in [0.29, 0.717) is 13.1 Å². The van der Waals surface area contributed by atoms with Crippen LogP contribution in [0, 0.1) is 5.41 Å². The van der Waals surface area contributed by atoms with Crippen LogP contribution in [0.2, 0.25) is 0 Å². The Kier molecular flexibility index (Phi) is 4.78. The van der Waals surface area contributed by atoms with Crippen molar-refractivity contribution in [3.05, 3.63) is 23.9 Å². The number of nitrogens with zero attached hydrogens (tertiary/aromatic N) is 1. The zero-order valence-corrected chi connectivity index (χ0v) is 12.7. The SMILES string of the molecule is CCC1(CNS(=O)(=O)c2ccc(CN)cn2)CCCC1. The second-order valence-corrected chi connectivity index (χ2v) is 7.31. The molecule has 3 N–H and O–H groups in total. The topological polar surface area (TPSA) is 85.1 Å². The van der Waals surface area contributed by atoms with Crippen molar-refractivity contribution in [3.8, 4) is 0 Å². The summed E-state index contributed by atoms with van der Waals surface area (Å²) in [5.74, 6) is 0. The average molecular weight is 297 g/mol. The number of aromatic nitrogens is 1. The Morgan fingerprint density at radius 3 is 2.55 bits per heavy atom. The summed E-state index contributed by atoms with van der Waals surface area (Å²) in [6, 6.07) is 3.21. The van der Waals surface area contributed by atoms with Crippen molar-refractivity contribution < 1.29 is 8.42 Å². The Labute approximate surface area is 121 Å². The van der Waals surface area contributed by atoms with E-state index in [1.54, 1.807) is 6.07 Å². The van der Waals surface area contributed by atoms with Crippen molar-refractivity contribution in [2.24, 2.45) is 11.1 Å². The first-order chi connectivity index (χ1) is 9.51. The lowest BCUT2D eigenvalue weighted by Crippen LogP contribution is -2.35. The van der Waals surface area contributed by atoms with Gasteiger partial charge in [-0.3, -0.25) is 0 Å². The monoisotopic (exact) mass is 297 g/mol. The molecule has 1 aromatic rings. The molecule has 0 amide bonds. The highest BCUT2D eigenvalue weighted by Crippen LogP contribution is 2.40. The summed E-state index contributed by atoms with van der Waals surface area (Å²) < 4.78 is 27.2. The van der Waals surface area contributed by atoms with E-state index in [1.807, 2.05) is 0 Å². The number of rotatable bonds is 6. The van der Waals surface area contributed by atoms with Crippen LogP contribution in [0.4, 0.5) is 0 Å². The maximum Gasteiger partial charge on any atom is 0.258 e. The molecule has 0 aliphatic heterocycles. The maximum atomic E-state index is 12.2.